The standard InChI is InChI=1S/C20H14ClF4N3O/c21-17-8-7-14(10-16(17)20(23,24)25)28(19(26)29)11-12-3-5-13(6-4-12)15-2-1-9-27-18(15)22/h1-10H,11H2,(H2,26,29). The fourth-order valence-corrected chi connectivity index (χ4v) is 2.99. The molecule has 1 heterocycles. The predicted octanol–water partition coefficient (Wildman–Crippen LogP) is 5.65. The number of urea groups is 1. The molecule has 3 rings (SSSR count). The number of carbonyl (C=O) groups excluding carboxylic acids is 1. The molecule has 0 spiro atoms. The van der Waals surface area contributed by atoms with E-state index in [2.05, 4.69) is 4.98 Å². The lowest BCUT2D eigenvalue weighted by molar-refractivity contribution is -0.137. The highest BCUT2D eigenvalue weighted by Crippen LogP contribution is 2.37. The van der Waals surface area contributed by atoms with Gasteiger partial charge in [0.1, 0.15) is 0 Å². The number of nitrogens with two attached hydrogens (primary N) is 1. The Kier molecular flexibility index (Phi) is 5.74. The fourth-order valence-electron chi connectivity index (χ4n) is 2.77. The Morgan fingerprint density at radius 3 is 2.38 bits per heavy atom. The topological polar surface area (TPSA) is 59.2 Å². The van der Waals surface area contributed by atoms with Crippen LogP contribution in [0.3, 0.4) is 0 Å². The van der Waals surface area contributed by atoms with Crippen molar-refractivity contribution < 1.29 is 22.4 Å². The van der Waals surface area contributed by atoms with Crippen molar-refractivity contribution in [2.75, 3.05) is 4.90 Å². The molecule has 0 saturated carbocycles. The second kappa shape index (κ2) is 8.08. The molecule has 4 nitrogen and oxygen atoms in total. The molecule has 0 saturated heterocycles. The van der Waals surface area contributed by atoms with Crippen LogP contribution in [0.2, 0.25) is 5.02 Å². The number of amides is 2. The lowest BCUT2D eigenvalue weighted by atomic mass is 10.0. The number of primary amides is 1. The lowest BCUT2D eigenvalue weighted by Gasteiger charge is -2.22. The minimum atomic E-state index is -4.67. The van der Waals surface area contributed by atoms with E-state index in [1.54, 1.807) is 36.4 Å². The summed E-state index contributed by atoms with van der Waals surface area (Å²) in [5, 5.41) is -0.478. The van der Waals surface area contributed by atoms with Gasteiger partial charge in [-0.1, -0.05) is 35.9 Å². The van der Waals surface area contributed by atoms with Crippen LogP contribution in [-0.4, -0.2) is 11.0 Å². The summed E-state index contributed by atoms with van der Waals surface area (Å²) in [6, 6.07) is 11.8. The summed E-state index contributed by atoms with van der Waals surface area (Å²) in [6.07, 6.45) is -3.34. The number of aromatic nitrogens is 1. The first-order valence-electron chi connectivity index (χ1n) is 8.30. The number of anilines is 1. The van der Waals surface area contributed by atoms with Crippen molar-refractivity contribution in [3.05, 3.63) is 82.9 Å². The van der Waals surface area contributed by atoms with Gasteiger partial charge in [-0.05, 0) is 41.5 Å². The van der Waals surface area contributed by atoms with Crippen LogP contribution < -0.4 is 10.6 Å². The van der Waals surface area contributed by atoms with E-state index >= 15 is 0 Å². The van der Waals surface area contributed by atoms with Crippen LogP contribution in [0.4, 0.5) is 28.0 Å². The molecule has 1 aromatic heterocycles. The fraction of sp³-hybridized carbons (Fsp3) is 0.100. The summed E-state index contributed by atoms with van der Waals surface area (Å²) in [6.45, 7) is -0.0793. The average Bonchev–Trinajstić information content (AvgIpc) is 2.66. The van der Waals surface area contributed by atoms with Gasteiger partial charge in [-0.3, -0.25) is 4.90 Å². The van der Waals surface area contributed by atoms with E-state index in [1.807, 2.05) is 0 Å². The van der Waals surface area contributed by atoms with Crippen LogP contribution in [0.5, 0.6) is 0 Å². The van der Waals surface area contributed by atoms with E-state index in [1.165, 1.54) is 12.3 Å². The average molecular weight is 424 g/mol. The number of benzene rings is 2. The van der Waals surface area contributed by atoms with Crippen molar-refractivity contribution in [2.24, 2.45) is 5.73 Å². The maximum atomic E-state index is 13.8. The molecule has 3 aromatic rings. The van der Waals surface area contributed by atoms with Crippen molar-refractivity contribution in [3.63, 3.8) is 0 Å². The van der Waals surface area contributed by atoms with Gasteiger partial charge in [0.25, 0.3) is 0 Å². The molecule has 150 valence electrons. The quantitative estimate of drug-likeness (QED) is 0.435. The smallest absolute Gasteiger partial charge is 0.351 e. The molecule has 0 atom stereocenters. The van der Waals surface area contributed by atoms with Crippen LogP contribution in [0.1, 0.15) is 11.1 Å². The molecule has 0 aliphatic carbocycles. The first kappa shape index (κ1) is 20.6. The maximum Gasteiger partial charge on any atom is 0.417 e. The predicted molar refractivity (Wildman–Crippen MR) is 102 cm³/mol. The van der Waals surface area contributed by atoms with Gasteiger partial charge >= 0.3 is 12.2 Å². The van der Waals surface area contributed by atoms with Gasteiger partial charge < -0.3 is 5.73 Å². The molecule has 0 aliphatic rings. The van der Waals surface area contributed by atoms with E-state index in [-0.39, 0.29) is 12.2 Å². The Balaban J connectivity index is 1.89. The molecular weight excluding hydrogens is 410 g/mol. The third-order valence-corrected chi connectivity index (χ3v) is 4.53. The molecule has 2 N–H and O–H groups in total. The number of alkyl halides is 3. The maximum absolute atomic E-state index is 13.8. The van der Waals surface area contributed by atoms with E-state index in [0.29, 0.717) is 16.7 Å². The number of rotatable bonds is 4. The molecule has 2 aromatic carbocycles. The van der Waals surface area contributed by atoms with Gasteiger partial charge in [-0.25, -0.2) is 9.78 Å². The SMILES string of the molecule is NC(=O)N(Cc1ccc(-c2cccnc2F)cc1)c1ccc(Cl)c(C(F)(F)F)c1. The van der Waals surface area contributed by atoms with Crippen LogP contribution in [0.25, 0.3) is 11.1 Å². The highest BCUT2D eigenvalue weighted by molar-refractivity contribution is 6.31. The summed E-state index contributed by atoms with van der Waals surface area (Å²) < 4.78 is 53.1. The third kappa shape index (κ3) is 4.65. The summed E-state index contributed by atoms with van der Waals surface area (Å²) in [5.74, 6) is -0.625. The van der Waals surface area contributed by atoms with Crippen LogP contribution >= 0.6 is 11.6 Å². The number of carbonyl (C=O) groups is 1. The molecule has 9 heteroatoms. The van der Waals surface area contributed by atoms with Gasteiger partial charge in [0.15, 0.2) is 0 Å². The van der Waals surface area contributed by atoms with E-state index in [9.17, 15) is 22.4 Å². The normalized spacial score (nSPS) is 11.3. The van der Waals surface area contributed by atoms with Crippen molar-refractivity contribution in [3.8, 4) is 11.1 Å². The minimum absolute atomic E-state index is 0.0448. The summed E-state index contributed by atoms with van der Waals surface area (Å²) >= 11 is 5.62. The number of pyridine rings is 1. The monoisotopic (exact) mass is 423 g/mol. The molecule has 0 bridgehead atoms. The second-order valence-corrected chi connectivity index (χ2v) is 6.53. The summed E-state index contributed by atoms with van der Waals surface area (Å²) in [7, 11) is 0. The number of hydrogen-bond donors (Lipinski definition) is 1. The van der Waals surface area contributed by atoms with Crippen LogP contribution in [0.15, 0.2) is 60.8 Å². The highest BCUT2D eigenvalue weighted by Gasteiger charge is 2.34. The summed E-state index contributed by atoms with van der Waals surface area (Å²) in [4.78, 5) is 16.4. The van der Waals surface area contributed by atoms with Gasteiger partial charge in [-0.15, -0.1) is 0 Å². The molecule has 0 fully saturated rings. The number of hydrogen-bond acceptors (Lipinski definition) is 2. The van der Waals surface area contributed by atoms with Gasteiger partial charge in [0.2, 0.25) is 5.95 Å². The Morgan fingerprint density at radius 1 is 1.10 bits per heavy atom. The van der Waals surface area contributed by atoms with E-state index < -0.39 is 28.7 Å². The van der Waals surface area contributed by atoms with Crippen LogP contribution in [-0.2, 0) is 12.7 Å². The minimum Gasteiger partial charge on any atom is -0.351 e. The number of nitrogens with zero attached hydrogens (tertiary/aromatic N) is 2. The molecule has 29 heavy (non-hydrogen) atoms. The van der Waals surface area contributed by atoms with Crippen molar-refractivity contribution in [2.45, 2.75) is 12.7 Å². The Hall–Kier alpha value is -3.13. The Bertz CT molecular complexity index is 1040. The Labute approximate surface area is 168 Å². The van der Waals surface area contributed by atoms with Gasteiger partial charge in [0.05, 0.1) is 17.1 Å². The van der Waals surface area contributed by atoms with Crippen LogP contribution in [0, 0.1) is 5.95 Å². The third-order valence-electron chi connectivity index (χ3n) is 4.20. The molecule has 0 unspecified atom stereocenters. The number of halogens is 5. The van der Waals surface area contributed by atoms with E-state index in [4.69, 9.17) is 17.3 Å². The van der Waals surface area contributed by atoms with Gasteiger partial charge in [0, 0.05) is 17.4 Å². The largest absolute Gasteiger partial charge is 0.417 e. The molecule has 0 aliphatic heterocycles. The zero-order valence-electron chi connectivity index (χ0n) is 14.8. The van der Waals surface area contributed by atoms with Gasteiger partial charge in [-0.2, -0.15) is 17.6 Å². The summed E-state index contributed by atoms with van der Waals surface area (Å²) in [5.41, 5.74) is 5.71. The molecular formula is C20H14ClF4N3O. The zero-order valence-corrected chi connectivity index (χ0v) is 15.5. The zero-order chi connectivity index (χ0) is 21.2. The Morgan fingerprint density at radius 2 is 1.79 bits per heavy atom. The van der Waals surface area contributed by atoms with Crippen molar-refractivity contribution >= 4 is 23.3 Å². The van der Waals surface area contributed by atoms with Crippen molar-refractivity contribution in [1.82, 2.24) is 4.98 Å². The molecule has 2 amide bonds. The molecule has 0 radical (unpaired) electrons. The van der Waals surface area contributed by atoms with Crippen molar-refractivity contribution in [1.29, 1.82) is 0 Å². The highest BCUT2D eigenvalue weighted by atomic mass is 35.5. The van der Waals surface area contributed by atoms with E-state index in [0.717, 1.165) is 17.0 Å². The lowest BCUT2D eigenvalue weighted by Crippen LogP contribution is -2.35. The first-order valence-corrected chi connectivity index (χ1v) is 8.68. The second-order valence-electron chi connectivity index (χ2n) is 6.12. The first-order chi connectivity index (χ1) is 13.7.